The van der Waals surface area contributed by atoms with Gasteiger partial charge >= 0.3 is 29.6 Å². The van der Waals surface area contributed by atoms with Crippen LogP contribution in [-0.4, -0.2) is 207 Å². The molecule has 0 aromatic heterocycles. The van der Waals surface area contributed by atoms with Crippen molar-refractivity contribution < 1.29 is 80.6 Å². The first-order valence-corrected chi connectivity index (χ1v) is 35.3. The van der Waals surface area contributed by atoms with Crippen LogP contribution in [0.1, 0.15) is 169 Å². The van der Waals surface area contributed by atoms with Gasteiger partial charge in [0, 0.05) is 91.2 Å². The van der Waals surface area contributed by atoms with E-state index in [1.54, 1.807) is 24.0 Å². The zero-order chi connectivity index (χ0) is 66.3. The van der Waals surface area contributed by atoms with Gasteiger partial charge in [0.15, 0.2) is 0 Å². The maximum Gasteiger partial charge on any atom is 1.00 e. The number of nitrogens with zero attached hydrogens (tertiary/aromatic N) is 5. The monoisotopic (exact) mass is 1310 g/mol. The summed E-state index contributed by atoms with van der Waals surface area (Å²) in [6, 6.07) is 15.8. The van der Waals surface area contributed by atoms with Crippen molar-refractivity contribution in [3.05, 3.63) is 70.8 Å². The molecule has 20 heteroatoms. The molecule has 18 nitrogen and oxygen atoms in total. The minimum Gasteiger partial charge on any atom is -1.00 e. The van der Waals surface area contributed by atoms with Crippen molar-refractivity contribution in [2.75, 3.05) is 81.2 Å². The van der Waals surface area contributed by atoms with Gasteiger partial charge in [0.25, 0.3) is 0 Å². The van der Waals surface area contributed by atoms with Gasteiger partial charge in [-0.15, -0.1) is 0 Å². The molecular weight excluding hydrogens is 1180 g/mol. The molecule has 8 saturated carbocycles. The number of aliphatic hydroxyl groups excluding tert-OH is 5. The second-order valence-electron chi connectivity index (χ2n) is 30.7. The van der Waals surface area contributed by atoms with Crippen molar-refractivity contribution in [1.82, 2.24) is 40.8 Å². The number of amides is 2. The molecule has 2 amide bonds. The number of nitrogens with one attached hydrogen (secondary N) is 3. The average molecular weight is 1310 g/mol. The van der Waals surface area contributed by atoms with E-state index in [0.717, 1.165) is 102 Å². The first-order valence-electron chi connectivity index (χ1n) is 35.3. The molecule has 521 valence electrons. The van der Waals surface area contributed by atoms with Gasteiger partial charge in [0.05, 0.1) is 38.5 Å². The molecule has 10 fully saturated rings. The first kappa shape index (κ1) is 81.3. The molecule has 4 bridgehead atoms. The molecule has 12 rings (SSSR count). The van der Waals surface area contributed by atoms with Gasteiger partial charge in [-0.25, -0.2) is 0 Å². The summed E-state index contributed by atoms with van der Waals surface area (Å²) in [4.78, 5) is 57.3. The van der Waals surface area contributed by atoms with Gasteiger partial charge in [0.1, 0.15) is 30.6 Å². The summed E-state index contributed by atoms with van der Waals surface area (Å²) in [6.07, 6.45) is 15.7. The van der Waals surface area contributed by atoms with Crippen LogP contribution in [0.2, 0.25) is 0 Å². The zero-order valence-corrected chi connectivity index (χ0v) is 61.9. The van der Waals surface area contributed by atoms with Crippen LogP contribution in [0, 0.1) is 70.0 Å². The Morgan fingerprint density at radius 2 is 1.09 bits per heavy atom. The number of likely N-dealkylation sites (N-methyl/N-ethyl adjacent to an activating group) is 2. The Kier molecular flexibility index (Phi) is 33.4. The summed E-state index contributed by atoms with van der Waals surface area (Å²) in [5.41, 5.74) is 5.22. The van der Waals surface area contributed by atoms with Crippen molar-refractivity contribution in [3.8, 4) is 0 Å². The predicted molar refractivity (Wildman–Crippen MR) is 366 cm³/mol. The van der Waals surface area contributed by atoms with Crippen molar-refractivity contribution in [1.29, 1.82) is 0 Å². The second-order valence-corrected chi connectivity index (χ2v) is 30.7. The molecule has 10 aliphatic rings. The molecule has 0 spiro atoms. The number of rotatable bonds is 25. The van der Waals surface area contributed by atoms with Crippen LogP contribution >= 0.6 is 0 Å². The Morgan fingerprint density at radius 3 is 1.48 bits per heavy atom. The third kappa shape index (κ3) is 21.3. The molecular formula is C73H125BN8NaO10. The van der Waals surface area contributed by atoms with Crippen LogP contribution in [0.5, 0.6) is 0 Å². The molecule has 2 heterocycles. The van der Waals surface area contributed by atoms with Crippen molar-refractivity contribution in [2.24, 2.45) is 70.0 Å². The molecule has 2 aromatic carbocycles. The van der Waals surface area contributed by atoms with Crippen LogP contribution in [0.4, 0.5) is 0 Å². The minimum atomic E-state index is -0.791. The van der Waals surface area contributed by atoms with Crippen molar-refractivity contribution >= 4 is 26.5 Å². The Bertz CT molecular complexity index is 2550. The van der Waals surface area contributed by atoms with Gasteiger partial charge in [-0.2, -0.15) is 10.1 Å². The molecule has 2 unspecified atom stereocenters. The molecule has 2 aromatic rings. The molecule has 2 saturated heterocycles. The van der Waals surface area contributed by atoms with E-state index in [9.17, 15) is 34.8 Å². The van der Waals surface area contributed by atoms with Crippen molar-refractivity contribution in [2.45, 2.75) is 220 Å². The van der Waals surface area contributed by atoms with E-state index in [4.69, 9.17) is 14.8 Å². The normalized spacial score (nSPS) is 31.1. The number of carbonyl (C=O) groups excluding carboxylic acids is 3. The number of carbonyl (C=O) groups is 3. The third-order valence-electron chi connectivity index (χ3n) is 23.2. The Morgan fingerprint density at radius 1 is 0.656 bits per heavy atom. The second kappa shape index (κ2) is 38.2. The standard InChI is InChI=1S/C36H60N4O4.C29H48N4O4.C7H12O.CH4O.B.Na.H/c1-24-30-18-29(36(30,3)4)19-31(24)37-35(43)34-33(25(2)42)32(23-41)44-40(34)22-28-14-10-13-27(17-28)21-39(16-15-38(5)6)20-26-11-8-7-9-12-26;1-18-23-13-22(29(23,3)4)14-24(18)31-28(36)27-26(19(2)35)25(17-34)37-33(27)16-21-9-7-8-20(12-21)15-30-10-11-32(5)6;8-6-7-4-2-1-3-5-7;1-2;;;/h10,13-14,17,24-26,29-34,41-42H,7-9,11-12,15-16,18-23H2,1-6H3,(H,37,43);7-9,12,18-19,22-27,30,34-35H,10-11,13-17H2,1-6H3,(H,31,36);6-7H,1-5H2;2H,1H3;;;/q;;;;;+1;-1/t24-,25-,29+,30-,31?,32-,33+,34-;18-,19-,22+,23-,24?,25-,26+,27-;;;;;/m00...../s1. The van der Waals surface area contributed by atoms with Gasteiger partial charge < -0.3 is 57.5 Å². The molecule has 3 radical (unpaired) electrons. The largest absolute Gasteiger partial charge is 1.00 e. The number of hydrogen-bond acceptors (Lipinski definition) is 16. The molecule has 2 aliphatic heterocycles. The van der Waals surface area contributed by atoms with E-state index in [1.165, 1.54) is 75.3 Å². The van der Waals surface area contributed by atoms with Crippen LogP contribution in [0.15, 0.2) is 48.5 Å². The van der Waals surface area contributed by atoms with Crippen LogP contribution in [-0.2, 0) is 50.2 Å². The number of hydroxylamine groups is 4. The smallest absolute Gasteiger partial charge is 1.00 e. The molecule has 93 heavy (non-hydrogen) atoms. The number of aliphatic hydroxyl groups is 5. The molecule has 8 aliphatic carbocycles. The van der Waals surface area contributed by atoms with E-state index in [0.29, 0.717) is 65.3 Å². The van der Waals surface area contributed by atoms with Crippen LogP contribution < -0.4 is 45.5 Å². The van der Waals surface area contributed by atoms with E-state index < -0.39 is 48.3 Å². The Hall–Kier alpha value is -2.41. The summed E-state index contributed by atoms with van der Waals surface area (Å²) in [5, 5.41) is 62.3. The van der Waals surface area contributed by atoms with Crippen LogP contribution in [0.3, 0.4) is 0 Å². The summed E-state index contributed by atoms with van der Waals surface area (Å²) in [6.45, 7) is 24.5. The third-order valence-corrected chi connectivity index (χ3v) is 23.2. The predicted octanol–water partition coefficient (Wildman–Crippen LogP) is 4.40. The van der Waals surface area contributed by atoms with E-state index in [2.05, 4.69) is 137 Å². The van der Waals surface area contributed by atoms with Gasteiger partial charge in [-0.1, -0.05) is 129 Å². The fourth-order valence-electron chi connectivity index (χ4n) is 17.4. The first-order chi connectivity index (χ1) is 43.4. The zero-order valence-electron chi connectivity index (χ0n) is 60.9. The number of benzene rings is 2. The fraction of sp³-hybridized carbons (Fsp3) is 0.795. The maximum absolute atomic E-state index is 14.0. The number of aldehydes is 1. The fourth-order valence-corrected chi connectivity index (χ4v) is 17.4. The summed E-state index contributed by atoms with van der Waals surface area (Å²) >= 11 is 0. The van der Waals surface area contributed by atoms with Crippen LogP contribution in [0.25, 0.3) is 0 Å². The SMILES string of the molecule is CO.C[C@H](O)[C@@H]1[C@H](CO)ON(Cc2cccc(CN(CCN(C)C)CC3CCCCC3)c2)[C@@H]1C(=O)NC1C[C@H]2C[C@@H]([C@@H]1C)C2(C)C.C[C@H](O)[C@@H]1[C@H](CO)ON(Cc2cccc(CNCCN(C)C)c2)[C@@H]1C(=O)NC1C[C@H]2C[C@@H]([C@@H]1C)C2(C)C.O=CC1CCCCC1.[B].[H-].[Na+]. The summed E-state index contributed by atoms with van der Waals surface area (Å²) in [7, 11) is 9.40. The van der Waals surface area contributed by atoms with E-state index >= 15 is 0 Å². The number of hydrogen-bond donors (Lipinski definition) is 8. The molecule has 8 N–H and O–H groups in total. The van der Waals surface area contributed by atoms with Gasteiger partial charge in [-0.3, -0.25) is 24.2 Å². The van der Waals surface area contributed by atoms with E-state index in [-0.39, 0.29) is 76.5 Å². The minimum absolute atomic E-state index is 0. The maximum atomic E-state index is 14.0. The van der Waals surface area contributed by atoms with E-state index in [1.807, 2.05) is 12.1 Å². The van der Waals surface area contributed by atoms with Crippen molar-refractivity contribution in [3.63, 3.8) is 0 Å². The topological polar surface area (TPSA) is 223 Å². The summed E-state index contributed by atoms with van der Waals surface area (Å²) in [5.74, 6) is 3.31. The summed E-state index contributed by atoms with van der Waals surface area (Å²) < 4.78 is 0. The number of fused-ring (bicyclic) bond motifs is 4. The van der Waals surface area contributed by atoms with Gasteiger partial charge in [-0.05, 0) is 168 Å². The quantitative estimate of drug-likeness (QED) is 0.0392. The van der Waals surface area contributed by atoms with Gasteiger partial charge in [0.2, 0.25) is 11.8 Å². The Balaban J connectivity index is 0.000000343. The molecule has 16 atom stereocenters. The average Bonchev–Trinajstić information content (AvgIpc) is 0.975. The Labute approximate surface area is 586 Å².